The zero-order valence-corrected chi connectivity index (χ0v) is 34.0. The first-order valence-electron chi connectivity index (χ1n) is 20.8. The van der Waals surface area contributed by atoms with Crippen LogP contribution in [0.3, 0.4) is 0 Å². The van der Waals surface area contributed by atoms with E-state index in [2.05, 4.69) is 35.5 Å². The maximum absolute atomic E-state index is 13.0. The van der Waals surface area contributed by atoms with Crippen molar-refractivity contribution in [1.29, 1.82) is 0 Å². The van der Waals surface area contributed by atoms with E-state index in [1.54, 1.807) is 6.08 Å². The minimum Gasteiger partial charge on any atom is -0.394 e. The molecule has 1 heterocycles. The third-order valence-corrected chi connectivity index (χ3v) is 10.3. The normalized spacial score (nSPS) is 22.6. The molecular formula is C40H75NO12S. The van der Waals surface area contributed by atoms with E-state index in [1.807, 2.05) is 0 Å². The average Bonchev–Trinajstić information content (AvgIpc) is 3.14. The van der Waals surface area contributed by atoms with Crippen molar-refractivity contribution in [2.24, 2.45) is 0 Å². The van der Waals surface area contributed by atoms with Gasteiger partial charge in [-0.3, -0.25) is 9.35 Å². The first-order chi connectivity index (χ1) is 25.9. The molecule has 0 aromatic rings. The summed E-state index contributed by atoms with van der Waals surface area (Å²) in [6.07, 6.45) is 21.4. The van der Waals surface area contributed by atoms with Gasteiger partial charge in [-0.05, 0) is 44.9 Å². The molecule has 14 heteroatoms. The zero-order chi connectivity index (χ0) is 40.0. The van der Waals surface area contributed by atoms with Crippen LogP contribution in [0.1, 0.15) is 162 Å². The highest BCUT2D eigenvalue weighted by Gasteiger charge is 2.48. The fourth-order valence-electron chi connectivity index (χ4n) is 6.45. The van der Waals surface area contributed by atoms with Crippen molar-refractivity contribution < 1.29 is 57.0 Å². The summed E-state index contributed by atoms with van der Waals surface area (Å²) in [5.74, 6) is -0.711. The Morgan fingerprint density at radius 3 is 1.72 bits per heavy atom. The number of unbranched alkanes of at least 4 members (excludes halogenated alkanes) is 19. The zero-order valence-electron chi connectivity index (χ0n) is 33.1. The van der Waals surface area contributed by atoms with Gasteiger partial charge in [-0.25, -0.2) is 4.18 Å². The summed E-state index contributed by atoms with van der Waals surface area (Å²) in [5, 5.41) is 54.9. The second-order valence-corrected chi connectivity index (χ2v) is 15.8. The Bertz CT molecular complexity index is 1090. The molecule has 1 saturated heterocycles. The topological polar surface area (TPSA) is 212 Å². The van der Waals surface area contributed by atoms with E-state index < -0.39 is 78.5 Å². The molecule has 0 aromatic carbocycles. The van der Waals surface area contributed by atoms with Crippen LogP contribution in [0, 0.1) is 0 Å². The summed E-state index contributed by atoms with van der Waals surface area (Å²) >= 11 is 0. The lowest BCUT2D eigenvalue weighted by Crippen LogP contribution is -2.61. The van der Waals surface area contributed by atoms with E-state index in [9.17, 15) is 38.7 Å². The molecule has 1 rings (SSSR count). The van der Waals surface area contributed by atoms with Gasteiger partial charge in [0.1, 0.15) is 30.5 Å². The van der Waals surface area contributed by atoms with Gasteiger partial charge >= 0.3 is 10.4 Å². The van der Waals surface area contributed by atoms with Crippen molar-refractivity contribution in [2.45, 2.75) is 210 Å². The maximum atomic E-state index is 13.0. The third-order valence-electron chi connectivity index (χ3n) is 9.83. The van der Waals surface area contributed by atoms with Crippen molar-refractivity contribution >= 4 is 16.3 Å². The van der Waals surface area contributed by atoms with Crippen LogP contribution in [0.5, 0.6) is 0 Å². The fraction of sp³-hybridized carbons (Fsp3) is 0.875. The smallest absolute Gasteiger partial charge is 0.394 e. The van der Waals surface area contributed by atoms with Gasteiger partial charge in [0.15, 0.2) is 6.29 Å². The van der Waals surface area contributed by atoms with Crippen LogP contribution in [0.15, 0.2) is 24.3 Å². The Labute approximate surface area is 325 Å². The summed E-state index contributed by atoms with van der Waals surface area (Å²) in [6, 6.07) is -1.12. The number of carbonyl (C=O) groups is 1. The summed E-state index contributed by atoms with van der Waals surface area (Å²) in [7, 11) is -5.11. The van der Waals surface area contributed by atoms with Gasteiger partial charge in [0, 0.05) is 0 Å². The predicted octanol–water partition coefficient (Wildman–Crippen LogP) is 5.96. The monoisotopic (exact) mass is 794 g/mol. The molecule has 0 aromatic heterocycles. The highest BCUT2D eigenvalue weighted by molar-refractivity contribution is 7.80. The minimum absolute atomic E-state index is 0.236. The molecule has 54 heavy (non-hydrogen) atoms. The van der Waals surface area contributed by atoms with Gasteiger partial charge in [0.25, 0.3) is 0 Å². The minimum atomic E-state index is -5.11. The van der Waals surface area contributed by atoms with E-state index >= 15 is 0 Å². The molecule has 0 spiro atoms. The van der Waals surface area contributed by atoms with Gasteiger partial charge < -0.3 is 40.3 Å². The number of nitrogens with one attached hydrogen (secondary N) is 1. The Morgan fingerprint density at radius 2 is 1.22 bits per heavy atom. The lowest BCUT2D eigenvalue weighted by molar-refractivity contribution is -0.298. The summed E-state index contributed by atoms with van der Waals surface area (Å²) < 4.78 is 47.3. The first-order valence-corrected chi connectivity index (χ1v) is 22.2. The molecule has 1 fully saturated rings. The number of amides is 1. The Morgan fingerprint density at radius 1 is 0.741 bits per heavy atom. The molecule has 1 aliphatic heterocycles. The van der Waals surface area contributed by atoms with Gasteiger partial charge in [0.2, 0.25) is 5.91 Å². The van der Waals surface area contributed by atoms with Crippen LogP contribution >= 0.6 is 0 Å². The first kappa shape index (κ1) is 50.6. The van der Waals surface area contributed by atoms with Gasteiger partial charge in [-0.2, -0.15) is 8.42 Å². The lowest BCUT2D eigenvalue weighted by atomic mass is 9.99. The number of ether oxygens (including phenoxy) is 2. The van der Waals surface area contributed by atoms with Crippen LogP contribution in [0.4, 0.5) is 0 Å². The number of rotatable bonds is 34. The molecule has 318 valence electrons. The molecular weight excluding hydrogens is 719 g/mol. The maximum Gasteiger partial charge on any atom is 0.397 e. The van der Waals surface area contributed by atoms with Gasteiger partial charge in [-0.1, -0.05) is 141 Å². The molecule has 8 unspecified atom stereocenters. The van der Waals surface area contributed by atoms with Crippen LogP contribution in [0.2, 0.25) is 0 Å². The third kappa shape index (κ3) is 24.2. The van der Waals surface area contributed by atoms with Crippen LogP contribution in [0.25, 0.3) is 0 Å². The number of aliphatic hydroxyl groups is 5. The van der Waals surface area contributed by atoms with Crippen LogP contribution in [-0.2, 0) is 28.9 Å². The molecule has 7 N–H and O–H groups in total. The summed E-state index contributed by atoms with van der Waals surface area (Å²) in [5.41, 5.74) is 0. The van der Waals surface area contributed by atoms with E-state index in [4.69, 9.17) is 14.0 Å². The number of aliphatic hydroxyl groups excluding tert-OH is 5. The Balaban J connectivity index is 2.61. The summed E-state index contributed by atoms with van der Waals surface area (Å²) in [4.78, 5) is 13.0. The lowest BCUT2D eigenvalue weighted by Gasteiger charge is -2.41. The standard InChI is InChI=1S/C40H75NO12S/c1-3-5-7-9-11-13-14-15-16-17-18-19-21-23-25-27-29-34(44)39(47)41-32(33(43)28-26-24-22-20-12-10-8-6-4-2)31-51-40-37(46)38(53-54(48,49)50)36(45)35(30-42)52-40/h15-16,26,28,32-38,40,42-46H,3-14,17-25,27,29-31H2,1-2H3,(H,41,47)(H,48,49,50)/b16-15-,28-26+. The highest BCUT2D eigenvalue weighted by Crippen LogP contribution is 2.26. The number of hydrogen-bond donors (Lipinski definition) is 7. The average molecular weight is 794 g/mol. The molecule has 0 radical (unpaired) electrons. The molecule has 13 nitrogen and oxygen atoms in total. The van der Waals surface area contributed by atoms with E-state index in [0.717, 1.165) is 64.2 Å². The van der Waals surface area contributed by atoms with Crippen molar-refractivity contribution in [1.82, 2.24) is 5.32 Å². The van der Waals surface area contributed by atoms with Crippen molar-refractivity contribution in [3.63, 3.8) is 0 Å². The number of carbonyl (C=O) groups excluding carboxylic acids is 1. The summed E-state index contributed by atoms with van der Waals surface area (Å²) in [6.45, 7) is 3.14. The second-order valence-electron chi connectivity index (χ2n) is 14.7. The quantitative estimate of drug-likeness (QED) is 0.0229. The second kappa shape index (κ2) is 31.6. The number of allylic oxidation sites excluding steroid dienone is 3. The molecule has 8 atom stereocenters. The Hall–Kier alpha value is -1.46. The SMILES string of the molecule is CCCCCCCC/C=C\CCCCCCCCC(O)C(=O)NC(COC1OC(CO)C(O)C(OS(=O)(=O)O)C1O)C(O)/C=C/CCCCCCCCC. The van der Waals surface area contributed by atoms with Crippen LogP contribution in [-0.4, -0.2) is 107 Å². The largest absolute Gasteiger partial charge is 0.397 e. The fourth-order valence-corrected chi connectivity index (χ4v) is 6.96. The predicted molar refractivity (Wildman–Crippen MR) is 210 cm³/mol. The number of hydrogen-bond acceptors (Lipinski definition) is 11. The molecule has 1 aliphatic rings. The molecule has 1 amide bonds. The molecule has 0 aliphatic carbocycles. The van der Waals surface area contributed by atoms with Crippen molar-refractivity contribution in [3.05, 3.63) is 24.3 Å². The van der Waals surface area contributed by atoms with E-state index in [1.165, 1.54) is 70.3 Å². The molecule has 0 saturated carbocycles. The van der Waals surface area contributed by atoms with Gasteiger partial charge in [-0.15, -0.1) is 0 Å². The van der Waals surface area contributed by atoms with Crippen molar-refractivity contribution in [3.8, 4) is 0 Å². The Kier molecular flexibility index (Phi) is 29.6. The molecule has 0 bridgehead atoms. The van der Waals surface area contributed by atoms with E-state index in [-0.39, 0.29) is 6.42 Å². The highest BCUT2D eigenvalue weighted by atomic mass is 32.3. The van der Waals surface area contributed by atoms with Gasteiger partial charge in [0.05, 0.1) is 25.4 Å². The van der Waals surface area contributed by atoms with Crippen LogP contribution < -0.4 is 5.32 Å². The van der Waals surface area contributed by atoms with Crippen molar-refractivity contribution in [2.75, 3.05) is 13.2 Å². The van der Waals surface area contributed by atoms with E-state index in [0.29, 0.717) is 12.8 Å².